The van der Waals surface area contributed by atoms with Gasteiger partial charge in [0.05, 0.1) is 16.4 Å². The van der Waals surface area contributed by atoms with Crippen LogP contribution in [0.4, 0.5) is 5.82 Å². The number of hydrogen-bond acceptors (Lipinski definition) is 4. The number of benzene rings is 1. The Hall–Kier alpha value is -2.61. The lowest BCUT2D eigenvalue weighted by molar-refractivity contribution is -0.122. The van der Waals surface area contributed by atoms with Gasteiger partial charge in [0.1, 0.15) is 5.82 Å². The number of carbonyl (C=O) groups excluding carboxylic acids is 1. The maximum absolute atomic E-state index is 12.5. The predicted molar refractivity (Wildman–Crippen MR) is 103 cm³/mol. The Morgan fingerprint density at radius 3 is 2.62 bits per heavy atom. The summed E-state index contributed by atoms with van der Waals surface area (Å²) in [5.41, 5.74) is 0.904. The molecule has 2 heterocycles. The van der Waals surface area contributed by atoms with E-state index in [9.17, 15) is 4.79 Å². The molecular formula is C18H20BrN5O2. The van der Waals surface area contributed by atoms with E-state index in [-0.39, 0.29) is 11.9 Å². The van der Waals surface area contributed by atoms with Crippen molar-refractivity contribution < 1.29 is 9.53 Å². The summed E-state index contributed by atoms with van der Waals surface area (Å²) in [5.74, 6) is 0.719. The van der Waals surface area contributed by atoms with Crippen molar-refractivity contribution in [2.45, 2.75) is 32.9 Å². The fourth-order valence-electron chi connectivity index (χ4n) is 2.40. The highest BCUT2D eigenvalue weighted by Crippen LogP contribution is 2.25. The predicted octanol–water partition coefficient (Wildman–Crippen LogP) is 3.82. The first-order chi connectivity index (χ1) is 12.5. The number of ether oxygens (including phenoxy) is 1. The van der Waals surface area contributed by atoms with Crippen molar-refractivity contribution in [3.8, 4) is 11.6 Å². The van der Waals surface area contributed by atoms with Crippen LogP contribution in [0.15, 0.2) is 53.3 Å². The third kappa shape index (κ3) is 3.96. The number of nitrogens with zero attached hydrogens (tertiary/aromatic N) is 4. The van der Waals surface area contributed by atoms with Crippen molar-refractivity contribution in [1.82, 2.24) is 19.6 Å². The largest absolute Gasteiger partial charge is 0.463 e. The summed E-state index contributed by atoms with van der Waals surface area (Å²) in [6, 6.07) is 11.6. The zero-order valence-corrected chi connectivity index (χ0v) is 16.3. The minimum absolute atomic E-state index is 0.146. The minimum Gasteiger partial charge on any atom is -0.463 e. The number of nitrogens with one attached hydrogen (secondary N) is 1. The van der Waals surface area contributed by atoms with Crippen LogP contribution in [0.5, 0.6) is 5.88 Å². The number of amides is 1. The molecule has 0 aliphatic heterocycles. The van der Waals surface area contributed by atoms with Gasteiger partial charge in [0.15, 0.2) is 6.10 Å². The van der Waals surface area contributed by atoms with Crippen molar-refractivity contribution in [3.63, 3.8) is 0 Å². The summed E-state index contributed by atoms with van der Waals surface area (Å²) < 4.78 is 9.85. The Bertz CT molecular complexity index is 888. The summed E-state index contributed by atoms with van der Waals surface area (Å²) in [5, 5.41) is 11.4. The van der Waals surface area contributed by atoms with Crippen LogP contribution < -0.4 is 10.1 Å². The van der Waals surface area contributed by atoms with E-state index in [2.05, 4.69) is 31.4 Å². The minimum atomic E-state index is -0.721. The number of halogens is 1. The molecule has 0 bridgehead atoms. The van der Waals surface area contributed by atoms with Crippen molar-refractivity contribution >= 4 is 27.7 Å². The highest BCUT2D eigenvalue weighted by atomic mass is 79.9. The Labute approximate surface area is 160 Å². The smallest absolute Gasteiger partial charge is 0.266 e. The van der Waals surface area contributed by atoms with E-state index in [1.807, 2.05) is 44.2 Å². The van der Waals surface area contributed by atoms with E-state index in [1.165, 1.54) is 0 Å². The summed E-state index contributed by atoms with van der Waals surface area (Å²) in [6.45, 7) is 5.67. The highest BCUT2D eigenvalue weighted by molar-refractivity contribution is 9.10. The van der Waals surface area contributed by atoms with Crippen LogP contribution in [0.2, 0.25) is 0 Å². The summed E-state index contributed by atoms with van der Waals surface area (Å²) >= 11 is 3.43. The lowest BCUT2D eigenvalue weighted by Crippen LogP contribution is -2.31. The quantitative estimate of drug-likeness (QED) is 0.661. The lowest BCUT2D eigenvalue weighted by Gasteiger charge is -2.15. The van der Waals surface area contributed by atoms with Gasteiger partial charge >= 0.3 is 0 Å². The molecule has 0 radical (unpaired) electrons. The van der Waals surface area contributed by atoms with E-state index in [4.69, 9.17) is 4.74 Å². The van der Waals surface area contributed by atoms with E-state index >= 15 is 0 Å². The molecule has 7 nitrogen and oxygen atoms in total. The number of anilines is 1. The van der Waals surface area contributed by atoms with Gasteiger partial charge in [0.2, 0.25) is 5.88 Å². The molecule has 3 rings (SSSR count). The molecule has 136 valence electrons. The first kappa shape index (κ1) is 18.2. The van der Waals surface area contributed by atoms with Gasteiger partial charge in [0, 0.05) is 18.3 Å². The molecule has 0 spiro atoms. The van der Waals surface area contributed by atoms with Crippen molar-refractivity contribution in [3.05, 3.63) is 53.3 Å². The molecule has 1 amide bonds. The van der Waals surface area contributed by atoms with Gasteiger partial charge in [-0.25, -0.2) is 9.36 Å². The SMILES string of the molecule is CC(Oc1nn(-c2ccccc2)cc1Br)C(=O)Nc1ccnn1C(C)C. The fourth-order valence-corrected chi connectivity index (χ4v) is 2.77. The Balaban J connectivity index is 1.70. The molecule has 0 saturated heterocycles. The number of para-hydroxylation sites is 1. The normalized spacial score (nSPS) is 12.2. The van der Waals surface area contributed by atoms with Crippen molar-refractivity contribution in [2.75, 3.05) is 5.32 Å². The average Bonchev–Trinajstić information content (AvgIpc) is 3.23. The second-order valence-corrected chi connectivity index (χ2v) is 6.92. The molecule has 2 aromatic heterocycles. The number of rotatable bonds is 6. The molecule has 0 saturated carbocycles. The molecule has 8 heteroatoms. The second-order valence-electron chi connectivity index (χ2n) is 6.07. The zero-order valence-electron chi connectivity index (χ0n) is 14.8. The monoisotopic (exact) mass is 417 g/mol. The van der Waals surface area contributed by atoms with Crippen molar-refractivity contribution in [2.24, 2.45) is 0 Å². The van der Waals surface area contributed by atoms with Gasteiger partial charge in [-0.1, -0.05) is 18.2 Å². The first-order valence-corrected chi connectivity index (χ1v) is 9.06. The number of aromatic nitrogens is 4. The second kappa shape index (κ2) is 7.74. The molecule has 3 aromatic rings. The fraction of sp³-hybridized carbons (Fsp3) is 0.278. The zero-order chi connectivity index (χ0) is 18.7. The number of carbonyl (C=O) groups is 1. The Morgan fingerprint density at radius 2 is 1.92 bits per heavy atom. The summed E-state index contributed by atoms with van der Waals surface area (Å²) in [6.07, 6.45) is 2.73. The van der Waals surface area contributed by atoms with E-state index in [0.717, 1.165) is 5.69 Å². The molecule has 26 heavy (non-hydrogen) atoms. The van der Waals surface area contributed by atoms with Gasteiger partial charge < -0.3 is 10.1 Å². The van der Waals surface area contributed by atoms with Gasteiger partial charge in [-0.3, -0.25) is 4.79 Å². The van der Waals surface area contributed by atoms with E-state index < -0.39 is 6.10 Å². The van der Waals surface area contributed by atoms with Crippen LogP contribution in [-0.4, -0.2) is 31.6 Å². The molecular weight excluding hydrogens is 398 g/mol. The number of hydrogen-bond donors (Lipinski definition) is 1. The Morgan fingerprint density at radius 1 is 1.19 bits per heavy atom. The first-order valence-electron chi connectivity index (χ1n) is 8.27. The van der Waals surface area contributed by atoms with Crippen molar-refractivity contribution in [1.29, 1.82) is 0 Å². The third-order valence-electron chi connectivity index (χ3n) is 3.73. The van der Waals surface area contributed by atoms with Gasteiger partial charge in [-0.05, 0) is 48.8 Å². The molecule has 1 atom stereocenters. The molecule has 0 aliphatic carbocycles. The van der Waals surface area contributed by atoms with Gasteiger partial charge in [0.25, 0.3) is 5.91 Å². The topological polar surface area (TPSA) is 74.0 Å². The standard InChI is InChI=1S/C18H20BrN5O2/c1-12(2)24-16(9-10-20-24)21-17(25)13(3)26-18-15(19)11-23(22-18)14-7-5-4-6-8-14/h4-13H,1-3H3,(H,21,25). The van der Waals surface area contributed by atoms with Crippen LogP contribution in [0.25, 0.3) is 5.69 Å². The molecule has 0 fully saturated rings. The van der Waals surface area contributed by atoms with Gasteiger partial charge in [-0.2, -0.15) is 5.10 Å². The summed E-state index contributed by atoms with van der Waals surface area (Å²) in [4.78, 5) is 12.5. The maximum atomic E-state index is 12.5. The van der Waals surface area contributed by atoms with Crippen LogP contribution in [-0.2, 0) is 4.79 Å². The molecule has 0 aliphatic rings. The lowest BCUT2D eigenvalue weighted by atomic mass is 10.3. The van der Waals surface area contributed by atoms with Crippen LogP contribution in [0, 0.1) is 0 Å². The van der Waals surface area contributed by atoms with Crippen LogP contribution >= 0.6 is 15.9 Å². The third-order valence-corrected chi connectivity index (χ3v) is 4.27. The Kier molecular flexibility index (Phi) is 5.41. The van der Waals surface area contributed by atoms with Gasteiger partial charge in [-0.15, -0.1) is 5.10 Å². The van der Waals surface area contributed by atoms with Crippen LogP contribution in [0.3, 0.4) is 0 Å². The molecule has 1 aromatic carbocycles. The summed E-state index contributed by atoms with van der Waals surface area (Å²) in [7, 11) is 0. The highest BCUT2D eigenvalue weighted by Gasteiger charge is 2.20. The van der Waals surface area contributed by atoms with E-state index in [1.54, 1.807) is 34.7 Å². The van der Waals surface area contributed by atoms with Crippen LogP contribution in [0.1, 0.15) is 26.8 Å². The maximum Gasteiger partial charge on any atom is 0.266 e. The molecule has 1 N–H and O–H groups in total. The van der Waals surface area contributed by atoms with E-state index in [0.29, 0.717) is 16.2 Å². The average molecular weight is 418 g/mol. The molecule has 1 unspecified atom stereocenters.